The second kappa shape index (κ2) is 11.3. The second-order valence-corrected chi connectivity index (χ2v) is 9.03. The van der Waals surface area contributed by atoms with Gasteiger partial charge in [-0.15, -0.1) is 0 Å². The van der Waals surface area contributed by atoms with Gasteiger partial charge in [-0.05, 0) is 62.2 Å². The molecule has 2 aromatic rings. The molecule has 0 saturated heterocycles. The molecule has 4 rings (SSSR count). The first-order valence-electron chi connectivity index (χ1n) is 12.1. The summed E-state index contributed by atoms with van der Waals surface area (Å²) >= 11 is 0. The summed E-state index contributed by atoms with van der Waals surface area (Å²) < 4.78 is 10.6. The van der Waals surface area contributed by atoms with Crippen molar-refractivity contribution in [3.8, 4) is 5.75 Å². The van der Waals surface area contributed by atoms with Crippen LogP contribution in [0, 0.1) is 0 Å². The monoisotopic (exact) mass is 492 g/mol. The van der Waals surface area contributed by atoms with E-state index in [0.717, 1.165) is 24.0 Å². The van der Waals surface area contributed by atoms with Crippen molar-refractivity contribution in [1.82, 2.24) is 20.9 Å². The molecule has 2 aliphatic rings. The summed E-state index contributed by atoms with van der Waals surface area (Å²) in [7, 11) is 3.48. The van der Waals surface area contributed by atoms with Crippen LogP contribution in [0.3, 0.4) is 0 Å². The van der Waals surface area contributed by atoms with E-state index in [1.165, 1.54) is 0 Å². The Bertz CT molecular complexity index is 1140. The zero-order valence-electron chi connectivity index (χ0n) is 20.8. The third-order valence-corrected chi connectivity index (χ3v) is 6.11. The standard InChI is InChI=1S/C27H32N4O5/c1-4-36-26(33)23-22(29-27(34)30-24(23)18-9-13-21(35-3)14-10-18)16-31(2)15-17-5-7-19(8-6-17)25(32)28-20-11-12-20/h5-10,13-14,20,24H,4,11-12,15-16H2,1-3H3,(H,28,32)(H2,29,30,34). The molecule has 190 valence electrons. The summed E-state index contributed by atoms with van der Waals surface area (Å²) in [5.41, 5.74) is 3.23. The van der Waals surface area contributed by atoms with Gasteiger partial charge in [-0.2, -0.15) is 0 Å². The van der Waals surface area contributed by atoms with Gasteiger partial charge in [0.15, 0.2) is 0 Å². The minimum absolute atomic E-state index is 0.0522. The van der Waals surface area contributed by atoms with Crippen molar-refractivity contribution in [3.63, 3.8) is 0 Å². The van der Waals surface area contributed by atoms with Gasteiger partial charge in [0.2, 0.25) is 0 Å². The number of esters is 1. The predicted octanol–water partition coefficient (Wildman–Crippen LogP) is 2.89. The van der Waals surface area contributed by atoms with E-state index in [4.69, 9.17) is 9.47 Å². The zero-order valence-corrected chi connectivity index (χ0v) is 20.8. The molecule has 1 fully saturated rings. The van der Waals surface area contributed by atoms with Gasteiger partial charge in [-0.3, -0.25) is 9.69 Å². The van der Waals surface area contributed by atoms with E-state index in [-0.39, 0.29) is 12.5 Å². The van der Waals surface area contributed by atoms with E-state index >= 15 is 0 Å². The Balaban J connectivity index is 1.52. The lowest BCUT2D eigenvalue weighted by molar-refractivity contribution is -0.139. The molecular formula is C27H32N4O5. The molecule has 0 spiro atoms. The molecule has 1 heterocycles. The lowest BCUT2D eigenvalue weighted by Crippen LogP contribution is -2.48. The molecule has 0 radical (unpaired) electrons. The van der Waals surface area contributed by atoms with E-state index in [0.29, 0.717) is 41.7 Å². The topological polar surface area (TPSA) is 109 Å². The van der Waals surface area contributed by atoms with Crippen LogP contribution in [0.5, 0.6) is 5.75 Å². The maximum absolute atomic E-state index is 13.0. The third-order valence-electron chi connectivity index (χ3n) is 6.11. The fraction of sp³-hybridized carbons (Fsp3) is 0.370. The quantitative estimate of drug-likeness (QED) is 0.440. The molecular weight excluding hydrogens is 460 g/mol. The van der Waals surface area contributed by atoms with Gasteiger partial charge in [0, 0.05) is 30.4 Å². The molecule has 1 aliphatic heterocycles. The SMILES string of the molecule is CCOC(=O)C1=C(CN(C)Cc2ccc(C(=O)NC3CC3)cc2)NC(=O)NC1c1ccc(OC)cc1. The summed E-state index contributed by atoms with van der Waals surface area (Å²) in [5.74, 6) is 0.139. The Labute approximate surface area is 210 Å². The molecule has 1 unspecified atom stereocenters. The number of methoxy groups -OCH3 is 1. The zero-order chi connectivity index (χ0) is 25.7. The van der Waals surface area contributed by atoms with Crippen LogP contribution in [0.1, 0.15) is 47.3 Å². The summed E-state index contributed by atoms with van der Waals surface area (Å²) in [6.07, 6.45) is 2.09. The summed E-state index contributed by atoms with van der Waals surface area (Å²) in [6.45, 7) is 2.84. The summed E-state index contributed by atoms with van der Waals surface area (Å²) in [4.78, 5) is 39.8. The van der Waals surface area contributed by atoms with Crippen molar-refractivity contribution in [1.29, 1.82) is 0 Å². The molecule has 36 heavy (non-hydrogen) atoms. The number of hydrogen-bond acceptors (Lipinski definition) is 6. The number of carbonyl (C=O) groups is 3. The number of benzene rings is 2. The summed E-state index contributed by atoms with van der Waals surface area (Å²) in [6, 6.07) is 13.9. The van der Waals surface area contributed by atoms with Crippen molar-refractivity contribution in [2.45, 2.75) is 38.4 Å². The average Bonchev–Trinajstić information content (AvgIpc) is 3.68. The highest BCUT2D eigenvalue weighted by Crippen LogP contribution is 2.29. The number of hydrogen-bond donors (Lipinski definition) is 3. The molecule has 9 nitrogen and oxygen atoms in total. The number of nitrogens with one attached hydrogen (secondary N) is 3. The molecule has 0 bridgehead atoms. The van der Waals surface area contributed by atoms with Crippen LogP contribution in [-0.2, 0) is 16.1 Å². The number of amides is 3. The molecule has 1 atom stereocenters. The van der Waals surface area contributed by atoms with E-state index in [2.05, 4.69) is 16.0 Å². The number of likely N-dealkylation sites (N-methyl/N-ethyl adjacent to an activating group) is 1. The number of urea groups is 1. The number of carbonyl (C=O) groups excluding carboxylic acids is 3. The highest BCUT2D eigenvalue weighted by atomic mass is 16.5. The first kappa shape index (κ1) is 25.2. The van der Waals surface area contributed by atoms with Gasteiger partial charge in [-0.25, -0.2) is 9.59 Å². The first-order valence-corrected chi connectivity index (χ1v) is 12.1. The lowest BCUT2D eigenvalue weighted by atomic mass is 9.95. The Morgan fingerprint density at radius 3 is 2.36 bits per heavy atom. The van der Waals surface area contributed by atoms with Crippen LogP contribution in [0.25, 0.3) is 0 Å². The minimum Gasteiger partial charge on any atom is -0.497 e. The van der Waals surface area contributed by atoms with Gasteiger partial charge in [0.05, 0.1) is 25.3 Å². The van der Waals surface area contributed by atoms with E-state index in [1.807, 2.05) is 48.3 Å². The largest absolute Gasteiger partial charge is 0.497 e. The molecule has 0 aromatic heterocycles. The third kappa shape index (κ3) is 6.23. The van der Waals surface area contributed by atoms with Crippen molar-refractivity contribution in [2.75, 3.05) is 27.3 Å². The minimum atomic E-state index is -0.656. The number of rotatable bonds is 10. The average molecular weight is 493 g/mol. The molecule has 1 saturated carbocycles. The van der Waals surface area contributed by atoms with Crippen molar-refractivity contribution in [3.05, 3.63) is 76.5 Å². The van der Waals surface area contributed by atoms with Gasteiger partial charge in [-0.1, -0.05) is 24.3 Å². The van der Waals surface area contributed by atoms with Crippen molar-refractivity contribution < 1.29 is 23.9 Å². The molecule has 3 N–H and O–H groups in total. The Hall–Kier alpha value is -3.85. The van der Waals surface area contributed by atoms with Gasteiger partial charge < -0.3 is 25.4 Å². The van der Waals surface area contributed by atoms with Crippen LogP contribution in [-0.4, -0.2) is 56.2 Å². The summed E-state index contributed by atoms with van der Waals surface area (Å²) in [5, 5.41) is 8.63. The Morgan fingerprint density at radius 2 is 1.75 bits per heavy atom. The maximum Gasteiger partial charge on any atom is 0.338 e. The predicted molar refractivity (Wildman–Crippen MR) is 134 cm³/mol. The lowest BCUT2D eigenvalue weighted by Gasteiger charge is -2.31. The Morgan fingerprint density at radius 1 is 1.06 bits per heavy atom. The molecule has 1 aliphatic carbocycles. The van der Waals surface area contributed by atoms with Crippen LogP contribution >= 0.6 is 0 Å². The Kier molecular flexibility index (Phi) is 7.90. The van der Waals surface area contributed by atoms with Crippen LogP contribution in [0.2, 0.25) is 0 Å². The van der Waals surface area contributed by atoms with Crippen LogP contribution in [0.15, 0.2) is 59.8 Å². The smallest absolute Gasteiger partial charge is 0.338 e. The first-order chi connectivity index (χ1) is 17.4. The highest BCUT2D eigenvalue weighted by Gasteiger charge is 2.34. The molecule has 3 amide bonds. The second-order valence-electron chi connectivity index (χ2n) is 9.03. The highest BCUT2D eigenvalue weighted by molar-refractivity contribution is 5.95. The van der Waals surface area contributed by atoms with Crippen molar-refractivity contribution >= 4 is 17.9 Å². The molecule has 2 aromatic carbocycles. The van der Waals surface area contributed by atoms with Crippen LogP contribution < -0.4 is 20.7 Å². The maximum atomic E-state index is 13.0. The van der Waals surface area contributed by atoms with E-state index < -0.39 is 18.0 Å². The van der Waals surface area contributed by atoms with E-state index in [9.17, 15) is 14.4 Å². The van der Waals surface area contributed by atoms with Gasteiger partial charge in [0.25, 0.3) is 5.91 Å². The van der Waals surface area contributed by atoms with Gasteiger partial charge >= 0.3 is 12.0 Å². The fourth-order valence-corrected chi connectivity index (χ4v) is 4.13. The van der Waals surface area contributed by atoms with E-state index in [1.54, 1.807) is 26.2 Å². The normalized spacial score (nSPS) is 17.3. The fourth-order valence-electron chi connectivity index (χ4n) is 4.13. The van der Waals surface area contributed by atoms with Crippen LogP contribution in [0.4, 0.5) is 4.79 Å². The number of nitrogens with zero attached hydrogens (tertiary/aromatic N) is 1. The van der Waals surface area contributed by atoms with Crippen molar-refractivity contribution in [2.24, 2.45) is 0 Å². The van der Waals surface area contributed by atoms with Gasteiger partial charge in [0.1, 0.15) is 5.75 Å². The molecule has 9 heteroatoms. The number of ether oxygens (including phenoxy) is 2.